The van der Waals surface area contributed by atoms with E-state index >= 15 is 0 Å². The van der Waals surface area contributed by atoms with Gasteiger partial charge in [0, 0.05) is 24.5 Å². The Morgan fingerprint density at radius 1 is 1.60 bits per heavy atom. The average molecular weight is 222 g/mol. The lowest BCUT2D eigenvalue weighted by molar-refractivity contribution is 0.485. The summed E-state index contributed by atoms with van der Waals surface area (Å²) >= 11 is 1.68. The summed E-state index contributed by atoms with van der Waals surface area (Å²) in [4.78, 5) is 4.26. The first-order valence-corrected chi connectivity index (χ1v) is 5.89. The van der Waals surface area contributed by atoms with Crippen LogP contribution in [0.3, 0.4) is 0 Å². The van der Waals surface area contributed by atoms with Gasteiger partial charge in [-0.15, -0.1) is 11.3 Å². The van der Waals surface area contributed by atoms with Crippen molar-refractivity contribution >= 4 is 11.3 Å². The van der Waals surface area contributed by atoms with Crippen LogP contribution in [0.15, 0.2) is 34.4 Å². The van der Waals surface area contributed by atoms with E-state index < -0.39 is 0 Å². The Labute approximate surface area is 93.2 Å². The molecule has 0 aromatic carbocycles. The largest absolute Gasteiger partial charge is 0.469 e. The van der Waals surface area contributed by atoms with Gasteiger partial charge >= 0.3 is 0 Å². The molecule has 0 fully saturated rings. The summed E-state index contributed by atoms with van der Waals surface area (Å²) < 4.78 is 5.25. The number of hydrogen-bond donors (Lipinski definition) is 1. The number of rotatable bonds is 5. The molecule has 0 bridgehead atoms. The van der Waals surface area contributed by atoms with Gasteiger partial charge in [0.1, 0.15) is 10.8 Å². The molecule has 0 aliphatic rings. The van der Waals surface area contributed by atoms with E-state index in [9.17, 15) is 0 Å². The molecule has 2 aromatic heterocycles. The Balaban J connectivity index is 1.74. The summed E-state index contributed by atoms with van der Waals surface area (Å²) in [5.74, 6) is 1.02. The Morgan fingerprint density at radius 3 is 3.20 bits per heavy atom. The molecule has 3 nitrogen and oxygen atoms in total. The lowest BCUT2D eigenvalue weighted by atomic mass is 10.3. The number of nitrogens with zero attached hydrogens (tertiary/aromatic N) is 1. The minimum Gasteiger partial charge on any atom is -0.469 e. The van der Waals surface area contributed by atoms with E-state index in [1.165, 1.54) is 0 Å². The van der Waals surface area contributed by atoms with Gasteiger partial charge in [0.15, 0.2) is 0 Å². The monoisotopic (exact) mass is 222 g/mol. The van der Waals surface area contributed by atoms with Gasteiger partial charge in [0.25, 0.3) is 0 Å². The molecule has 0 aliphatic carbocycles. The standard InChI is InChI=1S/C11H14N2OS/c1-9(11-13-6-8-15-11)12-5-4-10-3-2-7-14-10/h2-3,6-9,12H,4-5H2,1H3. The summed E-state index contributed by atoms with van der Waals surface area (Å²) in [7, 11) is 0. The highest BCUT2D eigenvalue weighted by molar-refractivity contribution is 7.09. The molecule has 0 spiro atoms. The highest BCUT2D eigenvalue weighted by atomic mass is 32.1. The predicted octanol–water partition coefficient (Wildman–Crippen LogP) is 2.63. The van der Waals surface area contributed by atoms with Crippen LogP contribution >= 0.6 is 11.3 Å². The molecule has 15 heavy (non-hydrogen) atoms. The van der Waals surface area contributed by atoms with Crippen molar-refractivity contribution in [3.05, 3.63) is 40.7 Å². The van der Waals surface area contributed by atoms with E-state index in [2.05, 4.69) is 17.2 Å². The fourth-order valence-electron chi connectivity index (χ4n) is 1.40. The number of thiazole rings is 1. The second-order valence-corrected chi connectivity index (χ2v) is 4.30. The highest BCUT2D eigenvalue weighted by Gasteiger charge is 2.06. The maximum Gasteiger partial charge on any atom is 0.109 e. The molecule has 0 amide bonds. The van der Waals surface area contributed by atoms with Gasteiger partial charge in [-0.1, -0.05) is 0 Å². The molecular weight excluding hydrogens is 208 g/mol. The third-order valence-electron chi connectivity index (χ3n) is 2.22. The summed E-state index contributed by atoms with van der Waals surface area (Å²) in [6.45, 7) is 3.04. The Hall–Kier alpha value is -1.13. The van der Waals surface area contributed by atoms with E-state index in [-0.39, 0.29) is 0 Å². The Morgan fingerprint density at radius 2 is 2.53 bits per heavy atom. The van der Waals surface area contributed by atoms with Crippen LogP contribution in [0.5, 0.6) is 0 Å². The molecular formula is C11H14N2OS. The molecule has 1 atom stereocenters. The van der Waals surface area contributed by atoms with Crippen LogP contribution in [-0.2, 0) is 6.42 Å². The van der Waals surface area contributed by atoms with Crippen molar-refractivity contribution in [2.24, 2.45) is 0 Å². The van der Waals surface area contributed by atoms with Crippen LogP contribution < -0.4 is 5.32 Å². The summed E-state index contributed by atoms with van der Waals surface area (Å²) in [6.07, 6.45) is 4.47. The lowest BCUT2D eigenvalue weighted by Crippen LogP contribution is -2.21. The maximum absolute atomic E-state index is 5.25. The molecule has 4 heteroatoms. The minimum absolute atomic E-state index is 0.319. The molecule has 0 radical (unpaired) electrons. The second-order valence-electron chi connectivity index (χ2n) is 3.38. The molecule has 2 rings (SSSR count). The van der Waals surface area contributed by atoms with Crippen molar-refractivity contribution in [3.8, 4) is 0 Å². The molecule has 2 heterocycles. The number of aromatic nitrogens is 1. The first-order valence-electron chi connectivity index (χ1n) is 5.01. The van der Waals surface area contributed by atoms with Crippen molar-refractivity contribution in [2.45, 2.75) is 19.4 Å². The first-order chi connectivity index (χ1) is 7.36. The second kappa shape index (κ2) is 5.09. The van der Waals surface area contributed by atoms with Gasteiger partial charge in [-0.2, -0.15) is 0 Å². The third kappa shape index (κ3) is 2.91. The van der Waals surface area contributed by atoms with E-state index in [0.29, 0.717) is 6.04 Å². The number of furan rings is 1. The average Bonchev–Trinajstić information content (AvgIpc) is 2.90. The van der Waals surface area contributed by atoms with Gasteiger partial charge in [0.2, 0.25) is 0 Å². The SMILES string of the molecule is CC(NCCc1ccco1)c1nccs1. The van der Waals surface area contributed by atoms with Crippen LogP contribution in [0.4, 0.5) is 0 Å². The molecule has 0 aliphatic heterocycles. The van der Waals surface area contributed by atoms with Gasteiger partial charge in [-0.05, 0) is 19.1 Å². The summed E-state index contributed by atoms with van der Waals surface area (Å²) in [5, 5.41) is 6.54. The fraction of sp³-hybridized carbons (Fsp3) is 0.364. The zero-order valence-corrected chi connectivity index (χ0v) is 9.46. The van der Waals surface area contributed by atoms with Gasteiger partial charge in [0.05, 0.1) is 12.3 Å². The third-order valence-corrected chi connectivity index (χ3v) is 3.18. The van der Waals surface area contributed by atoms with Crippen molar-refractivity contribution in [2.75, 3.05) is 6.54 Å². The molecule has 80 valence electrons. The van der Waals surface area contributed by atoms with Crippen LogP contribution in [-0.4, -0.2) is 11.5 Å². The van der Waals surface area contributed by atoms with E-state index in [4.69, 9.17) is 4.42 Å². The van der Waals surface area contributed by atoms with Crippen LogP contribution in [0, 0.1) is 0 Å². The summed E-state index contributed by atoms with van der Waals surface area (Å²) in [6, 6.07) is 4.23. The van der Waals surface area contributed by atoms with Crippen molar-refractivity contribution in [1.82, 2.24) is 10.3 Å². The first kappa shape index (κ1) is 10.4. The highest BCUT2D eigenvalue weighted by Crippen LogP contribution is 2.14. The summed E-state index contributed by atoms with van der Waals surface area (Å²) in [5.41, 5.74) is 0. The molecule has 2 aromatic rings. The van der Waals surface area contributed by atoms with Crippen molar-refractivity contribution in [1.29, 1.82) is 0 Å². The van der Waals surface area contributed by atoms with Gasteiger partial charge in [-0.25, -0.2) is 4.98 Å². The number of nitrogens with one attached hydrogen (secondary N) is 1. The lowest BCUT2D eigenvalue weighted by Gasteiger charge is -2.09. The zero-order valence-electron chi connectivity index (χ0n) is 8.64. The maximum atomic E-state index is 5.25. The molecule has 0 saturated heterocycles. The molecule has 1 unspecified atom stereocenters. The van der Waals surface area contributed by atoms with E-state index in [1.54, 1.807) is 17.6 Å². The Kier molecular flexibility index (Phi) is 3.53. The van der Waals surface area contributed by atoms with Gasteiger partial charge < -0.3 is 9.73 Å². The molecule has 0 saturated carbocycles. The minimum atomic E-state index is 0.319. The molecule has 1 N–H and O–H groups in total. The predicted molar refractivity (Wildman–Crippen MR) is 60.9 cm³/mol. The van der Waals surface area contributed by atoms with Gasteiger partial charge in [-0.3, -0.25) is 0 Å². The smallest absolute Gasteiger partial charge is 0.109 e. The van der Waals surface area contributed by atoms with Crippen LogP contribution in [0.25, 0.3) is 0 Å². The van der Waals surface area contributed by atoms with Crippen molar-refractivity contribution < 1.29 is 4.42 Å². The van der Waals surface area contributed by atoms with Crippen LogP contribution in [0.2, 0.25) is 0 Å². The number of hydrogen-bond acceptors (Lipinski definition) is 4. The zero-order chi connectivity index (χ0) is 10.5. The van der Waals surface area contributed by atoms with E-state index in [0.717, 1.165) is 23.7 Å². The van der Waals surface area contributed by atoms with E-state index in [1.807, 2.05) is 23.7 Å². The Bertz CT molecular complexity index is 369. The van der Waals surface area contributed by atoms with Crippen LogP contribution in [0.1, 0.15) is 23.7 Å². The van der Waals surface area contributed by atoms with Crippen molar-refractivity contribution in [3.63, 3.8) is 0 Å². The fourth-order valence-corrected chi connectivity index (χ4v) is 2.07. The topological polar surface area (TPSA) is 38.1 Å². The normalized spacial score (nSPS) is 12.9. The quantitative estimate of drug-likeness (QED) is 0.845.